The SMILES string of the molecule is CCCC1CCC(C(=O)OC2CCC(c3ccc(-c4cc(F)c(/C=C/C(F)(F)F)c(F)c4)c(F)c3)CC2)CC1. The smallest absolute Gasteiger partial charge is 0.409 e. The molecule has 0 N–H and O–H groups in total. The fraction of sp³-hybridized carbons (Fsp3) is 0.516. The number of benzene rings is 2. The molecule has 8 heteroatoms. The summed E-state index contributed by atoms with van der Waals surface area (Å²) >= 11 is 0. The molecule has 0 saturated heterocycles. The largest absolute Gasteiger partial charge is 0.462 e. The molecule has 39 heavy (non-hydrogen) atoms. The molecule has 0 aliphatic heterocycles. The van der Waals surface area contributed by atoms with Gasteiger partial charge in [-0.3, -0.25) is 4.79 Å². The zero-order valence-electron chi connectivity index (χ0n) is 22.0. The molecule has 2 nitrogen and oxygen atoms in total. The van der Waals surface area contributed by atoms with Crippen molar-refractivity contribution in [3.05, 3.63) is 65.0 Å². The molecule has 2 fully saturated rings. The van der Waals surface area contributed by atoms with Gasteiger partial charge >= 0.3 is 12.1 Å². The molecular weight excluding hydrogens is 518 g/mol. The molecule has 4 rings (SSSR count). The zero-order valence-corrected chi connectivity index (χ0v) is 22.0. The van der Waals surface area contributed by atoms with E-state index in [0.29, 0.717) is 18.9 Å². The van der Waals surface area contributed by atoms with E-state index in [1.54, 1.807) is 6.07 Å². The third kappa shape index (κ3) is 7.67. The Morgan fingerprint density at radius 1 is 0.897 bits per heavy atom. The molecule has 0 aromatic heterocycles. The molecule has 0 radical (unpaired) electrons. The molecule has 2 aromatic rings. The Hall–Kier alpha value is -2.77. The van der Waals surface area contributed by atoms with E-state index in [-0.39, 0.29) is 41.1 Å². The summed E-state index contributed by atoms with van der Waals surface area (Å²) in [5.41, 5.74) is -0.229. The highest BCUT2D eigenvalue weighted by molar-refractivity contribution is 5.72. The quantitative estimate of drug-likeness (QED) is 0.253. The van der Waals surface area contributed by atoms with Crippen LogP contribution in [0.2, 0.25) is 0 Å². The van der Waals surface area contributed by atoms with Crippen LogP contribution in [0.25, 0.3) is 17.2 Å². The number of halogens is 6. The lowest BCUT2D eigenvalue weighted by Gasteiger charge is -2.31. The van der Waals surface area contributed by atoms with Gasteiger partial charge in [-0.05, 0) is 98.6 Å². The Morgan fingerprint density at radius 3 is 2.10 bits per heavy atom. The van der Waals surface area contributed by atoms with Crippen molar-refractivity contribution in [2.24, 2.45) is 11.8 Å². The number of hydrogen-bond donors (Lipinski definition) is 0. The van der Waals surface area contributed by atoms with Crippen LogP contribution in [0, 0.1) is 29.3 Å². The Labute approximate surface area is 225 Å². The van der Waals surface area contributed by atoms with Gasteiger partial charge in [0.15, 0.2) is 0 Å². The van der Waals surface area contributed by atoms with Crippen LogP contribution in [0.1, 0.15) is 88.2 Å². The van der Waals surface area contributed by atoms with E-state index in [1.807, 2.05) is 0 Å². The second-order valence-electron chi connectivity index (χ2n) is 10.9. The van der Waals surface area contributed by atoms with Crippen molar-refractivity contribution in [2.75, 3.05) is 0 Å². The predicted molar refractivity (Wildman–Crippen MR) is 138 cm³/mol. The molecular formula is C31H34F6O2. The summed E-state index contributed by atoms with van der Waals surface area (Å²) in [6.07, 6.45) is 4.39. The number of alkyl halides is 3. The Bertz CT molecular complexity index is 1150. The molecule has 0 atom stereocenters. The van der Waals surface area contributed by atoms with Gasteiger partial charge < -0.3 is 4.74 Å². The standard InChI is InChI=1S/C31H34F6O2/c1-2-3-19-4-6-21(7-5-19)30(38)39-24-11-8-20(9-12-24)22-10-13-25(27(32)16-22)23-17-28(33)26(29(34)18-23)14-15-31(35,36)37/h10,13-21,24H,2-9,11-12H2,1H3/b15-14+. The van der Waals surface area contributed by atoms with Gasteiger partial charge in [0.25, 0.3) is 0 Å². The minimum atomic E-state index is -4.71. The van der Waals surface area contributed by atoms with Gasteiger partial charge in [0.05, 0.1) is 5.92 Å². The third-order valence-electron chi connectivity index (χ3n) is 8.13. The van der Waals surface area contributed by atoms with Crippen LogP contribution in [0.15, 0.2) is 36.4 Å². The maximum atomic E-state index is 15.0. The van der Waals surface area contributed by atoms with Crippen LogP contribution in [0.4, 0.5) is 26.3 Å². The van der Waals surface area contributed by atoms with Crippen molar-refractivity contribution in [3.63, 3.8) is 0 Å². The van der Waals surface area contributed by atoms with Crippen molar-refractivity contribution < 1.29 is 35.9 Å². The van der Waals surface area contributed by atoms with E-state index < -0.39 is 29.2 Å². The summed E-state index contributed by atoms with van der Waals surface area (Å²) in [6.45, 7) is 2.19. The van der Waals surface area contributed by atoms with Crippen molar-refractivity contribution in [1.29, 1.82) is 0 Å². The van der Waals surface area contributed by atoms with Crippen LogP contribution in [0.5, 0.6) is 0 Å². The first-order chi connectivity index (χ1) is 18.5. The average molecular weight is 553 g/mol. The summed E-state index contributed by atoms with van der Waals surface area (Å²) in [6, 6.07) is 6.14. The van der Waals surface area contributed by atoms with E-state index in [2.05, 4.69) is 6.92 Å². The van der Waals surface area contributed by atoms with E-state index >= 15 is 4.39 Å². The second kappa shape index (κ2) is 12.6. The first-order valence-electron chi connectivity index (χ1n) is 13.8. The number of hydrogen-bond acceptors (Lipinski definition) is 2. The summed E-state index contributed by atoms with van der Waals surface area (Å²) in [5.74, 6) is -2.41. The number of ether oxygens (including phenoxy) is 1. The molecule has 0 heterocycles. The highest BCUT2D eigenvalue weighted by Gasteiger charge is 2.31. The minimum Gasteiger partial charge on any atom is -0.462 e. The van der Waals surface area contributed by atoms with Gasteiger partial charge in [-0.1, -0.05) is 31.9 Å². The molecule has 2 aliphatic carbocycles. The molecule has 0 spiro atoms. The predicted octanol–water partition coefficient (Wildman–Crippen LogP) is 9.52. The molecule has 2 saturated carbocycles. The first kappa shape index (κ1) is 29.2. The highest BCUT2D eigenvalue weighted by Crippen LogP contribution is 2.38. The molecule has 2 aromatic carbocycles. The summed E-state index contributed by atoms with van der Waals surface area (Å²) in [7, 11) is 0. The number of carbonyl (C=O) groups is 1. The lowest BCUT2D eigenvalue weighted by atomic mass is 9.80. The number of allylic oxidation sites excluding steroid dienone is 1. The molecule has 0 bridgehead atoms. The van der Waals surface area contributed by atoms with Crippen molar-refractivity contribution in [2.45, 2.75) is 89.3 Å². The summed E-state index contributed by atoms with van der Waals surface area (Å²) in [4.78, 5) is 12.7. The fourth-order valence-corrected chi connectivity index (χ4v) is 5.97. The van der Waals surface area contributed by atoms with Crippen LogP contribution in [-0.4, -0.2) is 18.2 Å². The van der Waals surface area contributed by atoms with Gasteiger partial charge in [0, 0.05) is 17.2 Å². The average Bonchev–Trinajstić information content (AvgIpc) is 2.88. The van der Waals surface area contributed by atoms with E-state index in [9.17, 15) is 26.7 Å². The van der Waals surface area contributed by atoms with Crippen LogP contribution in [0.3, 0.4) is 0 Å². The second-order valence-corrected chi connectivity index (χ2v) is 10.9. The van der Waals surface area contributed by atoms with Gasteiger partial charge in [-0.2, -0.15) is 13.2 Å². The minimum absolute atomic E-state index is 0.0122. The van der Waals surface area contributed by atoms with E-state index in [1.165, 1.54) is 25.0 Å². The maximum Gasteiger partial charge on any atom is 0.409 e. The molecule has 212 valence electrons. The van der Waals surface area contributed by atoms with Gasteiger partial charge in [0.1, 0.15) is 23.6 Å². The fourth-order valence-electron chi connectivity index (χ4n) is 5.97. The first-order valence-corrected chi connectivity index (χ1v) is 13.8. The number of carbonyl (C=O) groups excluding carboxylic acids is 1. The van der Waals surface area contributed by atoms with Crippen molar-refractivity contribution in [1.82, 2.24) is 0 Å². The van der Waals surface area contributed by atoms with Crippen molar-refractivity contribution >= 4 is 12.0 Å². The molecule has 2 aliphatic rings. The number of esters is 1. The molecule has 0 unspecified atom stereocenters. The third-order valence-corrected chi connectivity index (χ3v) is 8.13. The Kier molecular flexibility index (Phi) is 9.44. The van der Waals surface area contributed by atoms with Crippen molar-refractivity contribution in [3.8, 4) is 11.1 Å². The zero-order chi connectivity index (χ0) is 28.2. The van der Waals surface area contributed by atoms with Crippen LogP contribution in [-0.2, 0) is 9.53 Å². The monoisotopic (exact) mass is 552 g/mol. The summed E-state index contributed by atoms with van der Waals surface area (Å²) < 4.78 is 86.7. The summed E-state index contributed by atoms with van der Waals surface area (Å²) in [5, 5.41) is 0. The number of rotatable bonds is 7. The normalized spacial score (nSPS) is 24.2. The Morgan fingerprint density at radius 2 is 1.54 bits per heavy atom. The van der Waals surface area contributed by atoms with Crippen LogP contribution >= 0.6 is 0 Å². The van der Waals surface area contributed by atoms with Gasteiger partial charge in [-0.25, -0.2) is 13.2 Å². The molecule has 0 amide bonds. The maximum absolute atomic E-state index is 15.0. The van der Waals surface area contributed by atoms with Gasteiger partial charge in [-0.15, -0.1) is 0 Å². The lowest BCUT2D eigenvalue weighted by Crippen LogP contribution is -2.29. The topological polar surface area (TPSA) is 26.3 Å². The lowest BCUT2D eigenvalue weighted by molar-refractivity contribution is -0.157. The van der Waals surface area contributed by atoms with Gasteiger partial charge in [0.2, 0.25) is 0 Å². The van der Waals surface area contributed by atoms with E-state index in [0.717, 1.165) is 62.1 Å². The van der Waals surface area contributed by atoms with E-state index in [4.69, 9.17) is 4.74 Å². The Balaban J connectivity index is 1.34. The highest BCUT2D eigenvalue weighted by atomic mass is 19.4. The van der Waals surface area contributed by atoms with Crippen LogP contribution < -0.4 is 0 Å².